The van der Waals surface area contributed by atoms with E-state index in [1.165, 1.54) is 5.56 Å². The van der Waals surface area contributed by atoms with Gasteiger partial charge in [-0.25, -0.2) is 0 Å². The fourth-order valence-corrected chi connectivity index (χ4v) is 3.00. The monoisotopic (exact) mass is 355 g/mol. The topological polar surface area (TPSA) is 52.0 Å². The number of hydrogen-bond acceptors (Lipinski definition) is 3. The minimum atomic E-state index is -0.193. The van der Waals surface area contributed by atoms with Crippen molar-refractivity contribution in [1.29, 1.82) is 0 Å². The number of benzene rings is 2. The number of likely N-dealkylation sites (N-methyl/N-ethyl adjacent to an activating group) is 1. The van der Waals surface area contributed by atoms with Gasteiger partial charge in [0, 0.05) is 5.69 Å². The summed E-state index contributed by atoms with van der Waals surface area (Å²) in [5, 5.41) is 2.99. The molecule has 1 aliphatic heterocycles. The molecule has 1 aliphatic rings. The van der Waals surface area contributed by atoms with Crippen molar-refractivity contribution in [2.24, 2.45) is 0 Å². The Bertz CT molecular complexity index is 745. The van der Waals surface area contributed by atoms with Gasteiger partial charge in [-0.05, 0) is 43.2 Å². The second-order valence-electron chi connectivity index (χ2n) is 6.81. The van der Waals surface area contributed by atoms with Gasteiger partial charge in [-0.2, -0.15) is 0 Å². The van der Waals surface area contributed by atoms with Crippen LogP contribution in [-0.2, 0) is 11.2 Å². The molecule has 0 bridgehead atoms. The summed E-state index contributed by atoms with van der Waals surface area (Å²) in [6.45, 7) is 5.24. The van der Waals surface area contributed by atoms with Gasteiger partial charge in [0.05, 0.1) is 7.05 Å². The number of para-hydroxylation sites is 2. The van der Waals surface area contributed by atoms with Crippen LogP contribution in [0.3, 0.4) is 0 Å². The van der Waals surface area contributed by atoms with Crippen LogP contribution in [0.2, 0.25) is 0 Å². The lowest BCUT2D eigenvalue weighted by atomic mass is 10.1. The molecule has 138 valence electrons. The first-order valence-electron chi connectivity index (χ1n) is 9.17. The highest BCUT2D eigenvalue weighted by Gasteiger charge is 2.28. The standard InChI is InChI=1S/C21H26N2O3/c1-4-16-9-11-17(12-10-16)22-21(24)15(2)23(3)13-18-14-25-19-7-5-6-8-20(19)26-18/h5-12,15,18H,4,13-14H2,1-3H3,(H,22,24)/p+1/t15-,18+/m0/s1. The number of anilines is 1. The highest BCUT2D eigenvalue weighted by Crippen LogP contribution is 2.30. The lowest BCUT2D eigenvalue weighted by molar-refractivity contribution is -0.896. The summed E-state index contributed by atoms with van der Waals surface area (Å²) in [6, 6.07) is 15.5. The summed E-state index contributed by atoms with van der Waals surface area (Å²) in [4.78, 5) is 13.6. The van der Waals surface area contributed by atoms with Crippen LogP contribution in [0.15, 0.2) is 48.5 Å². The van der Waals surface area contributed by atoms with Gasteiger partial charge in [0.25, 0.3) is 5.91 Å². The van der Waals surface area contributed by atoms with Crippen LogP contribution in [0.4, 0.5) is 5.69 Å². The molecule has 0 spiro atoms. The minimum absolute atomic E-state index is 0.00359. The number of ether oxygens (including phenoxy) is 2. The zero-order valence-electron chi connectivity index (χ0n) is 15.6. The van der Waals surface area contributed by atoms with E-state index in [1.807, 2.05) is 62.5 Å². The van der Waals surface area contributed by atoms with Crippen molar-refractivity contribution in [3.8, 4) is 11.5 Å². The molecule has 0 saturated heterocycles. The Morgan fingerprint density at radius 2 is 1.88 bits per heavy atom. The van der Waals surface area contributed by atoms with Gasteiger partial charge in [0.15, 0.2) is 23.6 Å². The van der Waals surface area contributed by atoms with Crippen LogP contribution < -0.4 is 19.7 Å². The lowest BCUT2D eigenvalue weighted by Gasteiger charge is -2.29. The summed E-state index contributed by atoms with van der Waals surface area (Å²) in [6.07, 6.45) is 0.924. The quantitative estimate of drug-likeness (QED) is 0.833. The maximum absolute atomic E-state index is 12.5. The maximum Gasteiger partial charge on any atom is 0.282 e. The summed E-state index contributed by atoms with van der Waals surface area (Å²) >= 11 is 0. The average Bonchev–Trinajstić information content (AvgIpc) is 2.67. The fraction of sp³-hybridized carbons (Fsp3) is 0.381. The summed E-state index contributed by atoms with van der Waals surface area (Å²) in [5.74, 6) is 1.55. The molecule has 2 aromatic rings. The third-order valence-electron chi connectivity index (χ3n) is 4.88. The Morgan fingerprint density at radius 1 is 1.19 bits per heavy atom. The van der Waals surface area contributed by atoms with E-state index in [0.29, 0.717) is 13.2 Å². The van der Waals surface area contributed by atoms with Crippen LogP contribution in [0.5, 0.6) is 11.5 Å². The number of carbonyl (C=O) groups excluding carboxylic acids is 1. The third kappa shape index (κ3) is 4.35. The summed E-state index contributed by atoms with van der Waals surface area (Å²) in [7, 11) is 2.01. The van der Waals surface area contributed by atoms with Gasteiger partial charge in [-0.3, -0.25) is 4.79 Å². The zero-order chi connectivity index (χ0) is 18.5. The van der Waals surface area contributed by atoms with E-state index in [2.05, 4.69) is 12.2 Å². The molecule has 2 N–H and O–H groups in total. The van der Waals surface area contributed by atoms with Crippen molar-refractivity contribution in [3.05, 3.63) is 54.1 Å². The van der Waals surface area contributed by atoms with Crippen molar-refractivity contribution in [2.75, 3.05) is 25.5 Å². The molecule has 2 aromatic carbocycles. The van der Waals surface area contributed by atoms with Crippen LogP contribution in [0, 0.1) is 0 Å². The number of amides is 1. The van der Waals surface area contributed by atoms with Crippen molar-refractivity contribution in [1.82, 2.24) is 0 Å². The highest BCUT2D eigenvalue weighted by atomic mass is 16.6. The molecule has 0 aliphatic carbocycles. The second-order valence-corrected chi connectivity index (χ2v) is 6.81. The average molecular weight is 355 g/mol. The Labute approximate surface area is 154 Å². The molecule has 3 rings (SSSR count). The van der Waals surface area contributed by atoms with E-state index in [1.54, 1.807) is 0 Å². The first kappa shape index (κ1) is 18.3. The van der Waals surface area contributed by atoms with Crippen molar-refractivity contribution in [2.45, 2.75) is 32.4 Å². The molecule has 0 radical (unpaired) electrons. The molecule has 1 amide bonds. The number of nitrogens with one attached hydrogen (secondary N) is 2. The van der Waals surface area contributed by atoms with E-state index in [9.17, 15) is 4.79 Å². The predicted octanol–water partition coefficient (Wildman–Crippen LogP) is 1.93. The summed E-state index contributed by atoms with van der Waals surface area (Å²) in [5.41, 5.74) is 2.09. The van der Waals surface area contributed by atoms with Crippen molar-refractivity contribution >= 4 is 11.6 Å². The zero-order valence-corrected chi connectivity index (χ0v) is 15.6. The van der Waals surface area contributed by atoms with Gasteiger partial charge < -0.3 is 19.7 Å². The van der Waals surface area contributed by atoms with Gasteiger partial charge in [-0.15, -0.1) is 0 Å². The largest absolute Gasteiger partial charge is 0.486 e. The molecule has 0 aromatic heterocycles. The molecule has 0 saturated carbocycles. The Balaban J connectivity index is 1.53. The Kier molecular flexibility index (Phi) is 5.78. The first-order valence-corrected chi connectivity index (χ1v) is 9.17. The minimum Gasteiger partial charge on any atom is -0.486 e. The van der Waals surface area contributed by atoms with E-state index in [-0.39, 0.29) is 18.1 Å². The molecule has 1 unspecified atom stereocenters. The highest BCUT2D eigenvalue weighted by molar-refractivity contribution is 5.93. The SMILES string of the molecule is CCc1ccc(NC(=O)[C@H](C)[NH+](C)C[C@@H]2COc3ccccc3O2)cc1. The molecular weight excluding hydrogens is 328 g/mol. The normalized spacial score (nSPS) is 18.0. The Morgan fingerprint density at radius 3 is 2.58 bits per heavy atom. The molecular formula is C21H27N2O3+. The van der Waals surface area contributed by atoms with E-state index < -0.39 is 0 Å². The molecule has 0 fully saturated rings. The predicted molar refractivity (Wildman–Crippen MR) is 102 cm³/mol. The Hall–Kier alpha value is -2.53. The first-order chi connectivity index (χ1) is 12.6. The number of rotatable bonds is 6. The number of quaternary nitrogens is 1. The number of fused-ring (bicyclic) bond motifs is 1. The summed E-state index contributed by atoms with van der Waals surface area (Å²) < 4.78 is 11.8. The van der Waals surface area contributed by atoms with Crippen LogP contribution in [-0.4, -0.2) is 38.3 Å². The number of hydrogen-bond donors (Lipinski definition) is 2. The van der Waals surface area contributed by atoms with Gasteiger partial charge in [0.1, 0.15) is 13.2 Å². The van der Waals surface area contributed by atoms with Crippen LogP contribution in [0.25, 0.3) is 0 Å². The number of aryl methyl sites for hydroxylation is 1. The smallest absolute Gasteiger partial charge is 0.282 e. The third-order valence-corrected chi connectivity index (χ3v) is 4.88. The van der Waals surface area contributed by atoms with E-state index in [4.69, 9.17) is 9.47 Å². The molecule has 26 heavy (non-hydrogen) atoms. The van der Waals surface area contributed by atoms with Crippen LogP contribution in [0.1, 0.15) is 19.4 Å². The molecule has 5 nitrogen and oxygen atoms in total. The van der Waals surface area contributed by atoms with Crippen LogP contribution >= 0.6 is 0 Å². The van der Waals surface area contributed by atoms with Gasteiger partial charge in [0.2, 0.25) is 0 Å². The van der Waals surface area contributed by atoms with E-state index in [0.717, 1.165) is 28.5 Å². The van der Waals surface area contributed by atoms with Crippen molar-refractivity contribution in [3.63, 3.8) is 0 Å². The fourth-order valence-electron chi connectivity index (χ4n) is 3.00. The van der Waals surface area contributed by atoms with Gasteiger partial charge >= 0.3 is 0 Å². The maximum atomic E-state index is 12.5. The molecule has 1 heterocycles. The molecule has 3 atom stereocenters. The van der Waals surface area contributed by atoms with E-state index >= 15 is 0 Å². The van der Waals surface area contributed by atoms with Gasteiger partial charge in [-0.1, -0.05) is 31.2 Å². The number of carbonyl (C=O) groups is 1. The van der Waals surface area contributed by atoms with Crippen molar-refractivity contribution < 1.29 is 19.2 Å². The lowest BCUT2D eigenvalue weighted by Crippen LogP contribution is -3.15. The molecule has 5 heteroatoms. The second kappa shape index (κ2) is 8.23.